The van der Waals surface area contributed by atoms with Gasteiger partial charge in [0.15, 0.2) is 0 Å². The van der Waals surface area contributed by atoms with Crippen LogP contribution in [0.1, 0.15) is 63.0 Å². The fourth-order valence-electron chi connectivity index (χ4n) is 2.82. The Morgan fingerprint density at radius 3 is 2.63 bits per heavy atom. The van der Waals surface area contributed by atoms with Crippen LogP contribution >= 0.6 is 0 Å². The maximum absolute atomic E-state index is 9.25. The van der Waals surface area contributed by atoms with Crippen molar-refractivity contribution >= 4 is 0 Å². The molecule has 1 saturated carbocycles. The van der Waals surface area contributed by atoms with Crippen molar-refractivity contribution in [1.29, 1.82) is 5.26 Å². The lowest BCUT2D eigenvalue weighted by molar-refractivity contribution is 0.316. The molecule has 1 aromatic rings. The second kappa shape index (κ2) is 6.61. The van der Waals surface area contributed by atoms with Gasteiger partial charge in [0.25, 0.3) is 0 Å². The highest BCUT2D eigenvalue weighted by Crippen LogP contribution is 2.36. The Kier molecular flexibility index (Phi) is 4.85. The highest BCUT2D eigenvalue weighted by Gasteiger charge is 2.20. The fraction of sp³-hybridized carbons (Fsp3) is 0.588. The van der Waals surface area contributed by atoms with E-state index in [0.29, 0.717) is 18.1 Å². The van der Waals surface area contributed by atoms with Crippen molar-refractivity contribution in [2.45, 2.75) is 51.9 Å². The average molecular weight is 257 g/mol. The van der Waals surface area contributed by atoms with Crippen LogP contribution in [-0.4, -0.2) is 6.61 Å². The van der Waals surface area contributed by atoms with E-state index >= 15 is 0 Å². The Bertz CT molecular complexity index is 453. The summed E-state index contributed by atoms with van der Waals surface area (Å²) in [5, 5.41) is 9.25. The molecule has 2 nitrogen and oxygen atoms in total. The molecule has 0 N–H and O–H groups in total. The lowest BCUT2D eigenvalue weighted by Crippen LogP contribution is -2.11. The summed E-state index contributed by atoms with van der Waals surface area (Å²) in [6.45, 7) is 5.08. The van der Waals surface area contributed by atoms with Gasteiger partial charge in [-0.15, -0.1) is 0 Å². The number of hydrogen-bond donors (Lipinski definition) is 0. The van der Waals surface area contributed by atoms with Gasteiger partial charge in [-0.05, 0) is 48.8 Å². The molecular formula is C17H23NO. The van der Waals surface area contributed by atoms with E-state index in [1.807, 2.05) is 12.1 Å². The molecule has 0 aromatic heterocycles. The van der Waals surface area contributed by atoms with Crippen LogP contribution in [0, 0.1) is 17.2 Å². The first-order chi connectivity index (χ1) is 9.24. The first-order valence-corrected chi connectivity index (χ1v) is 7.41. The van der Waals surface area contributed by atoms with Crippen molar-refractivity contribution in [1.82, 2.24) is 0 Å². The van der Waals surface area contributed by atoms with Crippen molar-refractivity contribution in [2.75, 3.05) is 6.61 Å². The fourth-order valence-corrected chi connectivity index (χ4v) is 2.82. The topological polar surface area (TPSA) is 33.0 Å². The van der Waals surface area contributed by atoms with Gasteiger partial charge in [-0.3, -0.25) is 0 Å². The van der Waals surface area contributed by atoms with Gasteiger partial charge in [0.05, 0.1) is 12.2 Å². The molecule has 0 radical (unpaired) electrons. The third-order valence-corrected chi connectivity index (χ3v) is 4.07. The minimum Gasteiger partial charge on any atom is -0.492 e. The molecule has 1 aliphatic rings. The van der Waals surface area contributed by atoms with Gasteiger partial charge >= 0.3 is 0 Å². The van der Waals surface area contributed by atoms with Crippen molar-refractivity contribution < 1.29 is 4.74 Å². The van der Waals surface area contributed by atoms with E-state index in [1.54, 1.807) is 0 Å². The number of benzene rings is 1. The lowest BCUT2D eigenvalue weighted by Gasteiger charge is -2.26. The Hall–Kier alpha value is -1.49. The summed E-state index contributed by atoms with van der Waals surface area (Å²) in [5.41, 5.74) is 2.00. The van der Waals surface area contributed by atoms with E-state index < -0.39 is 0 Å². The molecule has 0 unspecified atom stereocenters. The van der Waals surface area contributed by atoms with E-state index in [1.165, 1.54) is 31.2 Å². The molecule has 0 heterocycles. The van der Waals surface area contributed by atoms with Crippen LogP contribution in [0.25, 0.3) is 0 Å². The van der Waals surface area contributed by atoms with Crippen molar-refractivity contribution in [3.05, 3.63) is 29.3 Å². The van der Waals surface area contributed by atoms with Gasteiger partial charge in [0.2, 0.25) is 0 Å². The van der Waals surface area contributed by atoms with Crippen LogP contribution in [0.5, 0.6) is 5.75 Å². The number of rotatable bonds is 4. The van der Waals surface area contributed by atoms with Gasteiger partial charge in [0, 0.05) is 0 Å². The van der Waals surface area contributed by atoms with Gasteiger partial charge in [-0.2, -0.15) is 5.26 Å². The number of ether oxygens (including phenoxy) is 1. The Morgan fingerprint density at radius 2 is 2.00 bits per heavy atom. The monoisotopic (exact) mass is 257 g/mol. The largest absolute Gasteiger partial charge is 0.492 e. The zero-order valence-electron chi connectivity index (χ0n) is 12.0. The van der Waals surface area contributed by atoms with Gasteiger partial charge in [-0.25, -0.2) is 0 Å². The highest BCUT2D eigenvalue weighted by molar-refractivity contribution is 5.46. The minimum absolute atomic E-state index is 0.628. The summed E-state index contributed by atoms with van der Waals surface area (Å²) in [5.74, 6) is 2.22. The Labute approximate surface area is 116 Å². The normalized spacial score (nSPS) is 22.8. The summed E-state index contributed by atoms with van der Waals surface area (Å²) in [6.07, 6.45) is 6.08. The molecule has 19 heavy (non-hydrogen) atoms. The quantitative estimate of drug-likeness (QED) is 0.787. The Morgan fingerprint density at radius 1 is 1.26 bits per heavy atom. The van der Waals surface area contributed by atoms with Crippen LogP contribution in [-0.2, 0) is 0 Å². The Balaban J connectivity index is 2.12. The predicted octanol–water partition coefficient (Wildman–Crippen LogP) is 4.64. The molecule has 0 atom stereocenters. The number of nitrogens with zero attached hydrogens (tertiary/aromatic N) is 1. The average Bonchev–Trinajstić information content (AvgIpc) is 2.46. The van der Waals surface area contributed by atoms with Crippen LogP contribution in [0.3, 0.4) is 0 Å². The second-order valence-electron chi connectivity index (χ2n) is 5.67. The minimum atomic E-state index is 0.628. The molecule has 0 saturated heterocycles. The smallest absolute Gasteiger partial charge is 0.137 e. The SMILES string of the molecule is CCCOc1ccc([C@H]2CC[C@H](C)CC2)cc1C#N. The number of hydrogen-bond acceptors (Lipinski definition) is 2. The zero-order valence-corrected chi connectivity index (χ0v) is 12.0. The summed E-state index contributed by atoms with van der Waals surface area (Å²) < 4.78 is 5.61. The van der Waals surface area contributed by atoms with Crippen LogP contribution in [0.15, 0.2) is 18.2 Å². The van der Waals surface area contributed by atoms with Crippen molar-refractivity contribution in [3.63, 3.8) is 0 Å². The van der Waals surface area contributed by atoms with Gasteiger partial charge in [0.1, 0.15) is 11.8 Å². The van der Waals surface area contributed by atoms with E-state index in [4.69, 9.17) is 4.74 Å². The lowest BCUT2D eigenvalue weighted by atomic mass is 9.79. The van der Waals surface area contributed by atoms with Crippen LogP contribution in [0.2, 0.25) is 0 Å². The first kappa shape index (κ1) is 13.9. The van der Waals surface area contributed by atoms with Crippen LogP contribution < -0.4 is 4.74 Å². The number of nitriles is 1. The first-order valence-electron chi connectivity index (χ1n) is 7.41. The maximum Gasteiger partial charge on any atom is 0.137 e. The third-order valence-electron chi connectivity index (χ3n) is 4.07. The molecule has 1 fully saturated rings. The predicted molar refractivity (Wildman–Crippen MR) is 77.3 cm³/mol. The van der Waals surface area contributed by atoms with Crippen molar-refractivity contribution in [2.24, 2.45) is 5.92 Å². The molecule has 0 aliphatic heterocycles. The maximum atomic E-state index is 9.25. The molecule has 0 amide bonds. The van der Waals surface area contributed by atoms with E-state index in [2.05, 4.69) is 26.0 Å². The summed E-state index contributed by atoms with van der Waals surface area (Å²) in [7, 11) is 0. The summed E-state index contributed by atoms with van der Waals surface area (Å²) in [4.78, 5) is 0. The molecule has 1 aliphatic carbocycles. The molecule has 0 spiro atoms. The summed E-state index contributed by atoms with van der Waals surface area (Å²) in [6, 6.07) is 8.42. The molecule has 102 valence electrons. The second-order valence-corrected chi connectivity index (χ2v) is 5.67. The molecular weight excluding hydrogens is 234 g/mol. The zero-order chi connectivity index (χ0) is 13.7. The van der Waals surface area contributed by atoms with Crippen molar-refractivity contribution in [3.8, 4) is 11.8 Å². The highest BCUT2D eigenvalue weighted by atomic mass is 16.5. The molecule has 2 rings (SSSR count). The van der Waals surface area contributed by atoms with E-state index in [0.717, 1.165) is 18.1 Å². The van der Waals surface area contributed by atoms with E-state index in [9.17, 15) is 5.26 Å². The molecule has 0 bridgehead atoms. The van der Waals surface area contributed by atoms with Crippen LogP contribution in [0.4, 0.5) is 0 Å². The third kappa shape index (κ3) is 3.50. The van der Waals surface area contributed by atoms with E-state index in [-0.39, 0.29) is 0 Å². The van der Waals surface area contributed by atoms with Gasteiger partial charge in [-0.1, -0.05) is 32.8 Å². The van der Waals surface area contributed by atoms with Gasteiger partial charge < -0.3 is 4.74 Å². The summed E-state index contributed by atoms with van der Waals surface area (Å²) >= 11 is 0. The molecule has 2 heteroatoms. The molecule has 1 aromatic carbocycles. The standard InChI is InChI=1S/C17H23NO/c1-3-10-19-17-9-8-15(11-16(17)12-18)14-6-4-13(2)5-7-14/h8-9,11,13-14H,3-7,10H2,1-2H3/t13-,14-.